The molecule has 2 heterocycles. The van der Waals surface area contributed by atoms with Crippen molar-refractivity contribution >= 4 is 11.6 Å². The molecule has 0 atom stereocenters. The lowest BCUT2D eigenvalue weighted by Crippen LogP contribution is -2.12. The van der Waals surface area contributed by atoms with Gasteiger partial charge in [-0.2, -0.15) is 14.3 Å². The van der Waals surface area contributed by atoms with Crippen LogP contribution in [0.4, 0.5) is 10.1 Å². The van der Waals surface area contributed by atoms with Crippen LogP contribution >= 0.6 is 0 Å². The van der Waals surface area contributed by atoms with Crippen molar-refractivity contribution in [3.05, 3.63) is 42.2 Å². The summed E-state index contributed by atoms with van der Waals surface area (Å²) in [6, 6.07) is 2.70. The zero-order valence-electron chi connectivity index (χ0n) is 8.09. The maximum absolute atomic E-state index is 12.5. The maximum Gasteiger partial charge on any atom is 0.251 e. The summed E-state index contributed by atoms with van der Waals surface area (Å²) in [5.41, 5.74) is 8.66. The predicted octanol–water partition coefficient (Wildman–Crippen LogP) is 0.391. The van der Waals surface area contributed by atoms with Gasteiger partial charge in [-0.25, -0.2) is 4.98 Å². The molecule has 0 saturated heterocycles. The number of nitrogens with zero attached hydrogens (tertiary/aromatic N) is 3. The Morgan fingerprint density at radius 1 is 1.44 bits per heavy atom. The number of carbonyl (C=O) groups is 1. The Morgan fingerprint density at radius 3 is 2.81 bits per heavy atom. The molecule has 0 fully saturated rings. The van der Waals surface area contributed by atoms with Gasteiger partial charge in [-0.1, -0.05) is 0 Å². The first kappa shape index (κ1) is 10.1. The average molecular weight is 221 g/mol. The fourth-order valence-electron chi connectivity index (χ4n) is 1.09. The second kappa shape index (κ2) is 3.97. The van der Waals surface area contributed by atoms with E-state index in [1.165, 1.54) is 35.5 Å². The van der Waals surface area contributed by atoms with E-state index in [-0.39, 0.29) is 5.56 Å². The molecule has 0 spiro atoms. The molecule has 0 bridgehead atoms. The van der Waals surface area contributed by atoms with Crippen molar-refractivity contribution in [2.24, 2.45) is 5.73 Å². The molecular formula is C9H8FN5O. The summed E-state index contributed by atoms with van der Waals surface area (Å²) < 4.78 is 12.5. The lowest BCUT2D eigenvalue weighted by Gasteiger charge is -2.04. The summed E-state index contributed by atoms with van der Waals surface area (Å²) in [6.07, 6.45) is 4.05. The van der Waals surface area contributed by atoms with Gasteiger partial charge in [0, 0.05) is 0 Å². The number of rotatable bonds is 3. The normalized spacial score (nSPS) is 10.1. The summed E-state index contributed by atoms with van der Waals surface area (Å²) >= 11 is 0. The number of carbonyl (C=O) groups excluding carboxylic acids is 1. The van der Waals surface area contributed by atoms with Crippen LogP contribution in [0.3, 0.4) is 0 Å². The van der Waals surface area contributed by atoms with E-state index >= 15 is 0 Å². The zero-order chi connectivity index (χ0) is 11.5. The maximum atomic E-state index is 12.5. The van der Waals surface area contributed by atoms with E-state index in [0.717, 1.165) is 0 Å². The molecule has 2 rings (SSSR count). The van der Waals surface area contributed by atoms with Crippen molar-refractivity contribution in [1.29, 1.82) is 0 Å². The molecule has 0 aliphatic heterocycles. The number of halogens is 1. The quantitative estimate of drug-likeness (QED) is 0.734. The van der Waals surface area contributed by atoms with Gasteiger partial charge < -0.3 is 5.73 Å². The van der Waals surface area contributed by atoms with Gasteiger partial charge >= 0.3 is 0 Å². The number of pyridine rings is 1. The number of amides is 1. The highest BCUT2D eigenvalue weighted by Crippen LogP contribution is 2.05. The molecule has 1 amide bonds. The molecular weight excluding hydrogens is 213 g/mol. The van der Waals surface area contributed by atoms with Gasteiger partial charge in [0.2, 0.25) is 5.95 Å². The third-order valence-electron chi connectivity index (χ3n) is 1.84. The van der Waals surface area contributed by atoms with Crippen LogP contribution < -0.4 is 11.2 Å². The molecule has 0 aliphatic rings. The number of primary amides is 1. The predicted molar refractivity (Wildman–Crippen MR) is 54.0 cm³/mol. The fourth-order valence-corrected chi connectivity index (χ4v) is 1.09. The Bertz CT molecular complexity index is 507. The number of hydrogen-bond donors (Lipinski definition) is 2. The molecule has 6 nitrogen and oxygen atoms in total. The second-order valence-electron chi connectivity index (χ2n) is 3.02. The number of nitrogens with one attached hydrogen (secondary N) is 1. The summed E-state index contributed by atoms with van der Waals surface area (Å²) in [6.45, 7) is 0. The van der Waals surface area contributed by atoms with E-state index in [9.17, 15) is 9.18 Å². The highest BCUT2D eigenvalue weighted by molar-refractivity contribution is 5.92. The Labute approximate surface area is 89.9 Å². The summed E-state index contributed by atoms with van der Waals surface area (Å²) in [4.78, 5) is 15.5. The Balaban J connectivity index is 2.14. The highest BCUT2D eigenvalue weighted by atomic mass is 19.1. The molecule has 82 valence electrons. The molecule has 0 aromatic carbocycles. The monoisotopic (exact) mass is 221 g/mol. The average Bonchev–Trinajstić information content (AvgIpc) is 2.70. The van der Waals surface area contributed by atoms with E-state index in [1.54, 1.807) is 0 Å². The minimum Gasteiger partial charge on any atom is -0.365 e. The van der Waals surface area contributed by atoms with Crippen LogP contribution in [-0.4, -0.2) is 20.8 Å². The van der Waals surface area contributed by atoms with Gasteiger partial charge in [0.15, 0.2) is 0 Å². The van der Waals surface area contributed by atoms with Gasteiger partial charge in [0.1, 0.15) is 0 Å². The van der Waals surface area contributed by atoms with E-state index < -0.39 is 11.9 Å². The van der Waals surface area contributed by atoms with Crippen molar-refractivity contribution in [2.45, 2.75) is 0 Å². The Kier molecular flexibility index (Phi) is 2.50. The Hall–Kier alpha value is -2.44. The van der Waals surface area contributed by atoms with Crippen molar-refractivity contribution in [3.63, 3.8) is 0 Å². The third kappa shape index (κ3) is 2.14. The number of anilines is 1. The van der Waals surface area contributed by atoms with Gasteiger partial charge in [0.05, 0.1) is 29.8 Å². The van der Waals surface area contributed by atoms with Crippen LogP contribution in [0.25, 0.3) is 0 Å². The van der Waals surface area contributed by atoms with Crippen LogP contribution in [0.1, 0.15) is 10.4 Å². The number of hydrogen-bond acceptors (Lipinski definition) is 4. The third-order valence-corrected chi connectivity index (χ3v) is 1.84. The van der Waals surface area contributed by atoms with Gasteiger partial charge in [-0.15, -0.1) is 0 Å². The molecule has 16 heavy (non-hydrogen) atoms. The lowest BCUT2D eigenvalue weighted by atomic mass is 10.4. The second-order valence-corrected chi connectivity index (χ2v) is 3.02. The van der Waals surface area contributed by atoms with Gasteiger partial charge in [0.25, 0.3) is 5.91 Å². The van der Waals surface area contributed by atoms with Crippen LogP contribution in [0, 0.1) is 5.95 Å². The minimum absolute atomic E-state index is 0.280. The minimum atomic E-state index is -0.566. The van der Waals surface area contributed by atoms with Crippen molar-refractivity contribution in [1.82, 2.24) is 14.9 Å². The van der Waals surface area contributed by atoms with Crippen LogP contribution in [0.2, 0.25) is 0 Å². The SMILES string of the molecule is NC(=O)c1cnn(Nc2ccc(F)nc2)c1. The van der Waals surface area contributed by atoms with Crippen molar-refractivity contribution < 1.29 is 9.18 Å². The molecule has 2 aromatic heterocycles. The highest BCUT2D eigenvalue weighted by Gasteiger charge is 2.03. The molecule has 0 unspecified atom stereocenters. The lowest BCUT2D eigenvalue weighted by molar-refractivity contribution is 0.100. The summed E-state index contributed by atoms with van der Waals surface area (Å²) in [7, 11) is 0. The molecule has 2 aromatic rings. The van der Waals surface area contributed by atoms with Crippen LogP contribution in [0.5, 0.6) is 0 Å². The fraction of sp³-hybridized carbons (Fsp3) is 0. The molecule has 7 heteroatoms. The topological polar surface area (TPSA) is 85.8 Å². The van der Waals surface area contributed by atoms with Crippen LogP contribution in [-0.2, 0) is 0 Å². The van der Waals surface area contributed by atoms with E-state index in [2.05, 4.69) is 15.5 Å². The first-order valence-corrected chi connectivity index (χ1v) is 4.38. The molecule has 3 N–H and O–H groups in total. The van der Waals surface area contributed by atoms with Gasteiger partial charge in [-0.3, -0.25) is 10.2 Å². The first-order valence-electron chi connectivity index (χ1n) is 4.38. The molecule has 0 radical (unpaired) electrons. The smallest absolute Gasteiger partial charge is 0.251 e. The number of aromatic nitrogens is 3. The molecule has 0 aliphatic carbocycles. The standard InChI is InChI=1S/C9H8FN5O/c10-8-2-1-7(4-12-8)14-15-5-6(3-13-15)9(11)16/h1-5,14H,(H2,11,16). The molecule has 0 saturated carbocycles. The van der Waals surface area contributed by atoms with Gasteiger partial charge in [-0.05, 0) is 12.1 Å². The van der Waals surface area contributed by atoms with Crippen molar-refractivity contribution in [2.75, 3.05) is 5.43 Å². The first-order chi connectivity index (χ1) is 7.65. The Morgan fingerprint density at radius 2 is 2.25 bits per heavy atom. The summed E-state index contributed by atoms with van der Waals surface area (Å²) in [5.74, 6) is -1.13. The zero-order valence-corrected chi connectivity index (χ0v) is 8.09. The largest absolute Gasteiger partial charge is 0.365 e. The van der Waals surface area contributed by atoms with Crippen molar-refractivity contribution in [3.8, 4) is 0 Å². The van der Waals surface area contributed by atoms with Crippen LogP contribution in [0.15, 0.2) is 30.7 Å². The summed E-state index contributed by atoms with van der Waals surface area (Å²) in [5, 5.41) is 3.84. The van der Waals surface area contributed by atoms with E-state index in [0.29, 0.717) is 5.69 Å². The van der Waals surface area contributed by atoms with E-state index in [4.69, 9.17) is 5.73 Å². The van der Waals surface area contributed by atoms with E-state index in [1.807, 2.05) is 0 Å². The number of nitrogens with two attached hydrogens (primary N) is 1.